The number of carbonyl (C=O) groups excluding carboxylic acids is 2. The number of nitrogen functional groups attached to an aromatic ring is 1. The van der Waals surface area contributed by atoms with Crippen LogP contribution in [0.1, 0.15) is 56.0 Å². The second kappa shape index (κ2) is 11.3. The van der Waals surface area contributed by atoms with Gasteiger partial charge in [-0.3, -0.25) is 4.79 Å². The number of amides is 1. The van der Waals surface area contributed by atoms with E-state index in [0.29, 0.717) is 17.9 Å². The molecule has 0 aliphatic carbocycles. The Hall–Kier alpha value is -3.60. The molecule has 1 amide bonds. The highest BCUT2D eigenvalue weighted by Crippen LogP contribution is 2.25. The quantitative estimate of drug-likeness (QED) is 0.184. The van der Waals surface area contributed by atoms with Crippen molar-refractivity contribution in [1.29, 1.82) is 0 Å². The molecule has 0 spiro atoms. The number of unbranched alkanes of at least 4 members (excludes halogenated alkanes) is 2. The van der Waals surface area contributed by atoms with Crippen molar-refractivity contribution in [2.75, 3.05) is 23.8 Å². The largest absolute Gasteiger partial charge is 0.462 e. The summed E-state index contributed by atoms with van der Waals surface area (Å²) < 4.78 is 5.13. The van der Waals surface area contributed by atoms with E-state index in [1.807, 2.05) is 25.1 Å². The van der Waals surface area contributed by atoms with Crippen molar-refractivity contribution in [2.24, 2.45) is 0 Å². The maximum atomic E-state index is 13.4. The molecule has 0 saturated heterocycles. The van der Waals surface area contributed by atoms with Crippen LogP contribution in [0.15, 0.2) is 66.7 Å². The van der Waals surface area contributed by atoms with Crippen LogP contribution >= 0.6 is 0 Å². The molecule has 0 unspecified atom stereocenters. The van der Waals surface area contributed by atoms with Crippen LogP contribution in [-0.4, -0.2) is 25.0 Å². The monoisotopic (exact) mass is 444 g/mol. The number of fused-ring (bicyclic) bond motifs is 1. The normalized spacial score (nSPS) is 11.4. The smallest absolute Gasteiger partial charge is 0.340 e. The molecule has 33 heavy (non-hydrogen) atoms. The number of ether oxygens (including phenoxy) is 1. The number of nitrogens with two attached hydrogens (primary N) is 1. The fraction of sp³-hybridized carbons (Fsp3) is 0.286. The van der Waals surface area contributed by atoms with Crippen LogP contribution in [0.4, 0.5) is 11.4 Å². The molecule has 0 aliphatic rings. The number of carbonyl (C=O) groups is 2. The molecular weight excluding hydrogens is 412 g/mol. The van der Waals surface area contributed by atoms with E-state index < -0.39 is 5.97 Å². The van der Waals surface area contributed by atoms with Crippen molar-refractivity contribution in [2.45, 2.75) is 40.0 Å². The van der Waals surface area contributed by atoms with Gasteiger partial charge >= 0.3 is 5.97 Å². The molecule has 3 aromatic rings. The van der Waals surface area contributed by atoms with E-state index in [1.165, 1.54) is 0 Å². The lowest BCUT2D eigenvalue weighted by Gasteiger charge is -2.23. The van der Waals surface area contributed by atoms with Gasteiger partial charge in [0.05, 0.1) is 12.2 Å². The third-order valence-electron chi connectivity index (χ3n) is 5.64. The number of hydrogen-bond donors (Lipinski definition) is 1. The van der Waals surface area contributed by atoms with Gasteiger partial charge in [0.15, 0.2) is 0 Å². The first-order valence-corrected chi connectivity index (χ1v) is 11.5. The summed E-state index contributed by atoms with van der Waals surface area (Å²) in [6.07, 6.45) is 4.58. The summed E-state index contributed by atoms with van der Waals surface area (Å²) >= 11 is 0. The molecule has 5 nitrogen and oxygen atoms in total. The summed E-state index contributed by atoms with van der Waals surface area (Å²) in [6, 6.07) is 19.4. The van der Waals surface area contributed by atoms with Crippen molar-refractivity contribution >= 4 is 39.6 Å². The van der Waals surface area contributed by atoms with Gasteiger partial charge in [0.1, 0.15) is 0 Å². The predicted molar refractivity (Wildman–Crippen MR) is 136 cm³/mol. The number of allylic oxidation sites excluding steroid dienone is 1. The molecule has 0 atom stereocenters. The third-order valence-corrected chi connectivity index (χ3v) is 5.64. The Bertz CT molecular complexity index is 1170. The van der Waals surface area contributed by atoms with Gasteiger partial charge in [0.25, 0.3) is 5.91 Å². The first-order valence-electron chi connectivity index (χ1n) is 11.5. The van der Waals surface area contributed by atoms with Crippen molar-refractivity contribution in [3.63, 3.8) is 0 Å². The first-order chi connectivity index (χ1) is 15.9. The van der Waals surface area contributed by atoms with Crippen LogP contribution in [-0.2, 0) is 9.53 Å². The molecule has 2 N–H and O–H groups in total. The maximum absolute atomic E-state index is 13.4. The number of nitrogens with zero attached hydrogens (tertiary/aromatic N) is 1. The van der Waals surface area contributed by atoms with Crippen LogP contribution in [0.2, 0.25) is 0 Å². The number of benzene rings is 3. The standard InChI is InChI=1S/C28H32N2O3/c1-4-6-9-16-30(24-14-15-26(29)25(19-24)28(32)33-5-2)27(31)17-20(3)22-13-12-21-10-7-8-11-23(21)18-22/h7-8,10-15,17-19H,4-6,9,16,29H2,1-3H3/b20-17-. The first kappa shape index (κ1) is 24.1. The topological polar surface area (TPSA) is 72.6 Å². The molecule has 0 fully saturated rings. The Morgan fingerprint density at radius 3 is 2.45 bits per heavy atom. The van der Waals surface area contributed by atoms with E-state index >= 15 is 0 Å². The minimum atomic E-state index is -0.485. The molecule has 3 rings (SSSR count). The van der Waals surface area contributed by atoms with Crippen molar-refractivity contribution in [3.8, 4) is 0 Å². The molecular formula is C28H32N2O3. The lowest BCUT2D eigenvalue weighted by atomic mass is 10.0. The summed E-state index contributed by atoms with van der Waals surface area (Å²) in [4.78, 5) is 27.4. The third kappa shape index (κ3) is 6.01. The molecule has 0 radical (unpaired) electrons. The van der Waals surface area contributed by atoms with E-state index in [2.05, 4.69) is 31.2 Å². The summed E-state index contributed by atoms with van der Waals surface area (Å²) in [5, 5.41) is 2.29. The van der Waals surface area contributed by atoms with Crippen LogP contribution < -0.4 is 10.6 Å². The number of esters is 1. The number of rotatable bonds is 9. The molecule has 0 saturated carbocycles. The van der Waals surface area contributed by atoms with E-state index in [-0.39, 0.29) is 18.1 Å². The van der Waals surface area contributed by atoms with Crippen LogP contribution in [0, 0.1) is 0 Å². The molecule has 0 bridgehead atoms. The van der Waals surface area contributed by atoms with Gasteiger partial charge in [0.2, 0.25) is 0 Å². The minimum Gasteiger partial charge on any atom is -0.462 e. The van der Waals surface area contributed by atoms with Gasteiger partial charge in [-0.25, -0.2) is 4.79 Å². The number of hydrogen-bond acceptors (Lipinski definition) is 4. The Morgan fingerprint density at radius 1 is 0.970 bits per heavy atom. The fourth-order valence-electron chi connectivity index (χ4n) is 3.77. The van der Waals surface area contributed by atoms with Crippen molar-refractivity contribution < 1.29 is 14.3 Å². The molecule has 0 aliphatic heterocycles. The molecule has 0 aromatic heterocycles. The van der Waals surface area contributed by atoms with Gasteiger partial charge in [-0.2, -0.15) is 0 Å². The van der Waals surface area contributed by atoms with Gasteiger partial charge in [-0.15, -0.1) is 0 Å². The van der Waals surface area contributed by atoms with E-state index in [4.69, 9.17) is 10.5 Å². The molecule has 3 aromatic carbocycles. The molecule has 172 valence electrons. The lowest BCUT2D eigenvalue weighted by molar-refractivity contribution is -0.114. The second-order valence-electron chi connectivity index (χ2n) is 8.08. The fourth-order valence-corrected chi connectivity index (χ4v) is 3.77. The van der Waals surface area contributed by atoms with Crippen LogP contribution in [0.3, 0.4) is 0 Å². The Labute approximate surface area is 195 Å². The highest BCUT2D eigenvalue weighted by atomic mass is 16.5. The van der Waals surface area contributed by atoms with Crippen molar-refractivity contribution in [1.82, 2.24) is 0 Å². The van der Waals surface area contributed by atoms with Gasteiger partial charge in [-0.1, -0.05) is 56.2 Å². The lowest BCUT2D eigenvalue weighted by Crippen LogP contribution is -2.31. The second-order valence-corrected chi connectivity index (χ2v) is 8.08. The van der Waals surface area contributed by atoms with Crippen LogP contribution in [0.25, 0.3) is 16.3 Å². The average Bonchev–Trinajstić information content (AvgIpc) is 2.82. The summed E-state index contributed by atoms with van der Waals surface area (Å²) in [6.45, 7) is 6.63. The SMILES string of the molecule is CCCCCN(C(=O)/C=C(/C)c1ccc2ccccc2c1)c1ccc(N)c(C(=O)OCC)c1. The Morgan fingerprint density at radius 2 is 1.73 bits per heavy atom. The number of anilines is 2. The summed E-state index contributed by atoms with van der Waals surface area (Å²) in [5.74, 6) is -0.614. The van der Waals surface area contributed by atoms with E-state index in [0.717, 1.165) is 41.2 Å². The maximum Gasteiger partial charge on any atom is 0.340 e. The Kier molecular flexibility index (Phi) is 8.25. The van der Waals surface area contributed by atoms with Gasteiger partial charge in [0, 0.05) is 24.0 Å². The van der Waals surface area contributed by atoms with Crippen molar-refractivity contribution in [3.05, 3.63) is 77.9 Å². The summed E-state index contributed by atoms with van der Waals surface area (Å²) in [5.41, 5.74) is 9.13. The summed E-state index contributed by atoms with van der Waals surface area (Å²) in [7, 11) is 0. The average molecular weight is 445 g/mol. The highest BCUT2D eigenvalue weighted by Gasteiger charge is 2.18. The van der Waals surface area contributed by atoms with Crippen LogP contribution in [0.5, 0.6) is 0 Å². The molecule has 0 heterocycles. The van der Waals surface area contributed by atoms with E-state index in [9.17, 15) is 9.59 Å². The molecule has 5 heteroatoms. The van der Waals surface area contributed by atoms with Gasteiger partial charge in [-0.05, 0) is 66.4 Å². The zero-order chi connectivity index (χ0) is 23.8. The van der Waals surface area contributed by atoms with Gasteiger partial charge < -0.3 is 15.4 Å². The Balaban J connectivity index is 1.93. The highest BCUT2D eigenvalue weighted by molar-refractivity contribution is 6.07. The van der Waals surface area contributed by atoms with E-state index in [1.54, 1.807) is 36.1 Å². The predicted octanol–water partition coefficient (Wildman–Crippen LogP) is 6.23. The zero-order valence-corrected chi connectivity index (χ0v) is 19.6. The minimum absolute atomic E-state index is 0.128. The zero-order valence-electron chi connectivity index (χ0n) is 19.6.